The fourth-order valence-corrected chi connectivity index (χ4v) is 3.59. The van der Waals surface area contributed by atoms with Crippen LogP contribution in [0.1, 0.15) is 20.3 Å². The topological polar surface area (TPSA) is 117 Å². The number of H-pyrrole nitrogens is 1. The zero-order valence-corrected chi connectivity index (χ0v) is 17.6. The number of aromatic nitrogens is 3. The second kappa shape index (κ2) is 9.98. The van der Waals surface area contributed by atoms with Gasteiger partial charge in [-0.05, 0) is 36.8 Å². The quantitative estimate of drug-likeness (QED) is 0.484. The fraction of sp³-hybridized carbons (Fsp3) is 0.190. The SMILES string of the molecule is CC[C@@H](Sc1nnc(-c2ccccc2NC(C)=O)c(=O)[nH]1)C(=O)Nc1ccc(F)cc1. The summed E-state index contributed by atoms with van der Waals surface area (Å²) in [5.41, 5.74) is 0.904. The molecule has 3 rings (SSSR count). The van der Waals surface area contributed by atoms with Crippen molar-refractivity contribution in [3.63, 3.8) is 0 Å². The molecule has 0 aliphatic carbocycles. The van der Waals surface area contributed by atoms with Gasteiger partial charge in [0.1, 0.15) is 5.82 Å². The van der Waals surface area contributed by atoms with Crippen molar-refractivity contribution in [3.05, 3.63) is 64.7 Å². The molecule has 0 saturated heterocycles. The van der Waals surface area contributed by atoms with E-state index < -0.39 is 16.6 Å². The summed E-state index contributed by atoms with van der Waals surface area (Å²) in [5, 5.41) is 13.1. The van der Waals surface area contributed by atoms with Gasteiger partial charge in [0.2, 0.25) is 11.8 Å². The molecular formula is C21H20FN5O3S. The first-order valence-corrected chi connectivity index (χ1v) is 10.3. The number of benzene rings is 2. The number of nitrogens with one attached hydrogen (secondary N) is 3. The Morgan fingerprint density at radius 3 is 2.45 bits per heavy atom. The van der Waals surface area contributed by atoms with Crippen LogP contribution in [0.25, 0.3) is 11.3 Å². The first-order chi connectivity index (χ1) is 14.9. The molecule has 1 atom stereocenters. The molecule has 0 aliphatic rings. The van der Waals surface area contributed by atoms with E-state index in [0.29, 0.717) is 23.4 Å². The molecule has 0 fully saturated rings. The van der Waals surface area contributed by atoms with Crippen LogP contribution < -0.4 is 16.2 Å². The Kier molecular flexibility index (Phi) is 7.14. The molecule has 3 N–H and O–H groups in total. The summed E-state index contributed by atoms with van der Waals surface area (Å²) in [7, 11) is 0. The number of carbonyl (C=O) groups is 2. The summed E-state index contributed by atoms with van der Waals surface area (Å²) in [6.07, 6.45) is 0.467. The predicted octanol–water partition coefficient (Wildman–Crippen LogP) is 3.44. The van der Waals surface area contributed by atoms with E-state index in [2.05, 4.69) is 25.8 Å². The number of hydrogen-bond acceptors (Lipinski definition) is 6. The molecule has 160 valence electrons. The third-order valence-corrected chi connectivity index (χ3v) is 5.44. The Hall–Kier alpha value is -3.53. The van der Waals surface area contributed by atoms with Gasteiger partial charge in [0.25, 0.3) is 5.56 Å². The van der Waals surface area contributed by atoms with Crippen LogP contribution in [0.4, 0.5) is 15.8 Å². The Balaban J connectivity index is 1.78. The molecular weight excluding hydrogens is 421 g/mol. The lowest BCUT2D eigenvalue weighted by atomic mass is 10.1. The number of rotatable bonds is 7. The number of nitrogens with zero attached hydrogens (tertiary/aromatic N) is 2. The largest absolute Gasteiger partial charge is 0.326 e. The molecule has 0 radical (unpaired) electrons. The van der Waals surface area contributed by atoms with Crippen LogP contribution in [0.15, 0.2) is 58.5 Å². The smallest absolute Gasteiger partial charge is 0.278 e. The first kappa shape index (κ1) is 22.2. The molecule has 8 nitrogen and oxygen atoms in total. The molecule has 0 spiro atoms. The van der Waals surface area contributed by atoms with Crippen LogP contribution in [-0.4, -0.2) is 32.2 Å². The summed E-state index contributed by atoms with van der Waals surface area (Å²) >= 11 is 1.07. The molecule has 0 aliphatic heterocycles. The number of thioether (sulfide) groups is 1. The van der Waals surface area contributed by atoms with Gasteiger partial charge in [0, 0.05) is 18.2 Å². The maximum Gasteiger partial charge on any atom is 0.278 e. The number of anilines is 2. The zero-order valence-electron chi connectivity index (χ0n) is 16.8. The maximum absolute atomic E-state index is 13.0. The molecule has 10 heteroatoms. The Morgan fingerprint density at radius 1 is 1.10 bits per heavy atom. The van der Waals surface area contributed by atoms with Crippen LogP contribution in [0.2, 0.25) is 0 Å². The standard InChI is InChI=1S/C21H20FN5O3S/c1-3-17(19(29)24-14-10-8-13(22)9-11-14)31-21-25-20(30)18(26-27-21)15-6-4-5-7-16(15)23-12(2)28/h4-11,17H,3H2,1-2H3,(H,23,28)(H,24,29)(H,25,27,30)/t17-/m1/s1. The lowest BCUT2D eigenvalue weighted by molar-refractivity contribution is -0.116. The second-order valence-electron chi connectivity index (χ2n) is 6.55. The van der Waals surface area contributed by atoms with Crippen molar-refractivity contribution in [2.45, 2.75) is 30.7 Å². The van der Waals surface area contributed by atoms with Crippen LogP contribution in [-0.2, 0) is 9.59 Å². The summed E-state index contributed by atoms with van der Waals surface area (Å²) in [5.74, 6) is -0.976. The highest BCUT2D eigenvalue weighted by Gasteiger charge is 2.21. The molecule has 3 aromatic rings. The van der Waals surface area contributed by atoms with E-state index >= 15 is 0 Å². The van der Waals surface area contributed by atoms with Crippen molar-refractivity contribution in [1.82, 2.24) is 15.2 Å². The van der Waals surface area contributed by atoms with Gasteiger partial charge in [-0.3, -0.25) is 19.4 Å². The average Bonchev–Trinajstić information content (AvgIpc) is 2.74. The maximum atomic E-state index is 13.0. The van der Waals surface area contributed by atoms with Crippen LogP contribution in [0.3, 0.4) is 0 Å². The van der Waals surface area contributed by atoms with Gasteiger partial charge in [0.15, 0.2) is 10.9 Å². The summed E-state index contributed by atoms with van der Waals surface area (Å²) < 4.78 is 13.0. The molecule has 0 unspecified atom stereocenters. The number of carbonyl (C=O) groups excluding carboxylic acids is 2. The lowest BCUT2D eigenvalue weighted by Gasteiger charge is -2.14. The summed E-state index contributed by atoms with van der Waals surface area (Å²) in [4.78, 5) is 39.2. The number of amides is 2. The van der Waals surface area contributed by atoms with Gasteiger partial charge in [-0.15, -0.1) is 10.2 Å². The van der Waals surface area contributed by atoms with Gasteiger partial charge < -0.3 is 10.6 Å². The normalized spacial score (nSPS) is 11.6. The highest BCUT2D eigenvalue weighted by molar-refractivity contribution is 8.00. The Labute approximate surface area is 181 Å². The van der Waals surface area contributed by atoms with E-state index in [1.165, 1.54) is 31.2 Å². The third-order valence-electron chi connectivity index (χ3n) is 4.20. The van der Waals surface area contributed by atoms with Crippen molar-refractivity contribution in [1.29, 1.82) is 0 Å². The molecule has 1 aromatic heterocycles. The fourth-order valence-electron chi connectivity index (χ4n) is 2.75. The van der Waals surface area contributed by atoms with Crippen LogP contribution in [0.5, 0.6) is 0 Å². The Bertz CT molecular complexity index is 1150. The van der Waals surface area contributed by atoms with Crippen molar-refractivity contribution in [2.75, 3.05) is 10.6 Å². The van der Waals surface area contributed by atoms with Crippen molar-refractivity contribution < 1.29 is 14.0 Å². The summed E-state index contributed by atoms with van der Waals surface area (Å²) in [6.45, 7) is 3.19. The van der Waals surface area contributed by atoms with Crippen LogP contribution in [0, 0.1) is 5.82 Å². The van der Waals surface area contributed by atoms with Gasteiger partial charge >= 0.3 is 0 Å². The monoisotopic (exact) mass is 441 g/mol. The molecule has 2 aromatic carbocycles. The minimum Gasteiger partial charge on any atom is -0.326 e. The van der Waals surface area contributed by atoms with E-state index in [-0.39, 0.29) is 22.7 Å². The Morgan fingerprint density at radius 2 is 1.81 bits per heavy atom. The number of para-hydroxylation sites is 1. The highest BCUT2D eigenvalue weighted by atomic mass is 32.2. The highest BCUT2D eigenvalue weighted by Crippen LogP contribution is 2.26. The third kappa shape index (κ3) is 5.76. The van der Waals surface area contributed by atoms with Gasteiger partial charge in [-0.1, -0.05) is 36.9 Å². The lowest BCUT2D eigenvalue weighted by Crippen LogP contribution is -2.25. The molecule has 0 bridgehead atoms. The number of aromatic amines is 1. The van der Waals surface area contributed by atoms with Gasteiger partial charge in [0.05, 0.1) is 10.9 Å². The molecule has 1 heterocycles. The molecule has 31 heavy (non-hydrogen) atoms. The first-order valence-electron chi connectivity index (χ1n) is 9.44. The van der Waals surface area contributed by atoms with E-state index in [1.54, 1.807) is 24.3 Å². The molecule has 2 amide bonds. The van der Waals surface area contributed by atoms with E-state index in [4.69, 9.17) is 0 Å². The van der Waals surface area contributed by atoms with Crippen molar-refractivity contribution >= 4 is 35.0 Å². The van der Waals surface area contributed by atoms with Crippen molar-refractivity contribution in [2.24, 2.45) is 0 Å². The van der Waals surface area contributed by atoms with E-state index in [9.17, 15) is 18.8 Å². The zero-order chi connectivity index (χ0) is 22.4. The number of halogens is 1. The minimum atomic E-state index is -0.549. The van der Waals surface area contributed by atoms with Gasteiger partial charge in [-0.25, -0.2) is 4.39 Å². The van der Waals surface area contributed by atoms with Crippen molar-refractivity contribution in [3.8, 4) is 11.3 Å². The predicted molar refractivity (Wildman–Crippen MR) is 117 cm³/mol. The summed E-state index contributed by atoms with van der Waals surface area (Å²) in [6, 6.07) is 12.2. The van der Waals surface area contributed by atoms with E-state index in [0.717, 1.165) is 11.8 Å². The average molecular weight is 441 g/mol. The number of hydrogen-bond donors (Lipinski definition) is 3. The van der Waals surface area contributed by atoms with E-state index in [1.807, 2.05) is 6.92 Å². The van der Waals surface area contributed by atoms with Gasteiger partial charge in [-0.2, -0.15) is 0 Å². The molecule has 0 saturated carbocycles. The van der Waals surface area contributed by atoms with Crippen LogP contribution >= 0.6 is 11.8 Å². The minimum absolute atomic E-state index is 0.0533. The second-order valence-corrected chi connectivity index (χ2v) is 7.74.